The molecule has 1 rings (SSSR count). The quantitative estimate of drug-likeness (QED) is 0.782. The smallest absolute Gasteiger partial charge is 0.0942 e. The van der Waals surface area contributed by atoms with Crippen molar-refractivity contribution in [3.63, 3.8) is 0 Å². The molecular weight excluding hydrogens is 172 g/mol. The molecule has 1 N–H and O–H groups in total. The Labute approximate surface area is 76.6 Å². The van der Waals surface area contributed by atoms with E-state index in [0.717, 1.165) is 17.7 Å². The molecule has 0 spiro atoms. The first-order chi connectivity index (χ1) is 5.79. The van der Waals surface area contributed by atoms with Gasteiger partial charge in [-0.25, -0.2) is 0 Å². The van der Waals surface area contributed by atoms with Crippen LogP contribution in [0, 0.1) is 5.92 Å². The number of aliphatic hydroxyl groups is 1. The van der Waals surface area contributed by atoms with Crippen molar-refractivity contribution in [2.24, 2.45) is 5.92 Å². The third kappa shape index (κ3) is 2.01. The highest BCUT2D eigenvalue weighted by Gasteiger charge is 2.18. The van der Waals surface area contributed by atoms with Gasteiger partial charge in [-0.1, -0.05) is 31.2 Å². The molecule has 0 aliphatic carbocycles. The number of aliphatic hydroxyl groups excluding tert-OH is 1. The molecule has 1 unspecified atom stereocenters. The van der Waals surface area contributed by atoms with E-state index in [9.17, 15) is 5.11 Å². The second-order valence-corrected chi connectivity index (χ2v) is 3.66. The first-order valence-electron chi connectivity index (χ1n) is 4.24. The Morgan fingerprint density at radius 3 is 2.58 bits per heavy atom. The zero-order chi connectivity index (χ0) is 8.97. The van der Waals surface area contributed by atoms with Gasteiger partial charge in [0.15, 0.2) is 0 Å². The van der Waals surface area contributed by atoms with E-state index >= 15 is 0 Å². The van der Waals surface area contributed by atoms with Gasteiger partial charge < -0.3 is 5.11 Å². The first-order valence-corrected chi connectivity index (χ1v) is 5.02. The lowest BCUT2D eigenvalue weighted by atomic mass is 9.96. The SMILES string of the molecule is CCC(CC)C(O)c1cnns1. The van der Waals surface area contributed by atoms with Crippen LogP contribution in [0.1, 0.15) is 37.7 Å². The summed E-state index contributed by atoms with van der Waals surface area (Å²) in [5.74, 6) is 0.340. The third-order valence-electron chi connectivity index (χ3n) is 2.17. The zero-order valence-electron chi connectivity index (χ0n) is 7.40. The van der Waals surface area contributed by atoms with Crippen LogP contribution in [-0.4, -0.2) is 14.7 Å². The summed E-state index contributed by atoms with van der Waals surface area (Å²) in [5.41, 5.74) is 0. The predicted octanol–water partition coefficient (Wildman–Crippen LogP) is 2.01. The predicted molar refractivity (Wildman–Crippen MR) is 48.9 cm³/mol. The van der Waals surface area contributed by atoms with Gasteiger partial charge in [-0.15, -0.1) is 5.10 Å². The van der Waals surface area contributed by atoms with Crippen molar-refractivity contribution in [2.45, 2.75) is 32.8 Å². The topological polar surface area (TPSA) is 46.0 Å². The van der Waals surface area contributed by atoms with Gasteiger partial charge in [-0.05, 0) is 17.5 Å². The molecule has 1 aromatic rings. The number of hydrogen-bond donors (Lipinski definition) is 1. The Morgan fingerprint density at radius 2 is 2.17 bits per heavy atom. The molecule has 0 radical (unpaired) electrons. The summed E-state index contributed by atoms with van der Waals surface area (Å²) in [7, 11) is 0. The Balaban J connectivity index is 2.63. The number of rotatable bonds is 4. The van der Waals surface area contributed by atoms with Crippen LogP contribution in [0.5, 0.6) is 0 Å². The minimum atomic E-state index is -0.375. The average molecular weight is 186 g/mol. The Kier molecular flexibility index (Phi) is 3.62. The summed E-state index contributed by atoms with van der Waals surface area (Å²) in [5, 5.41) is 13.5. The molecule has 1 atom stereocenters. The molecule has 0 amide bonds. The van der Waals surface area contributed by atoms with Crippen molar-refractivity contribution in [2.75, 3.05) is 0 Å². The Bertz CT molecular complexity index is 209. The molecule has 1 heterocycles. The Hall–Kier alpha value is -0.480. The maximum Gasteiger partial charge on any atom is 0.0942 e. The summed E-state index contributed by atoms with van der Waals surface area (Å²) in [6.45, 7) is 4.18. The van der Waals surface area contributed by atoms with Crippen LogP contribution in [0.25, 0.3) is 0 Å². The van der Waals surface area contributed by atoms with E-state index in [4.69, 9.17) is 0 Å². The average Bonchev–Trinajstić information content (AvgIpc) is 2.58. The number of aromatic nitrogens is 2. The van der Waals surface area contributed by atoms with Crippen molar-refractivity contribution in [3.05, 3.63) is 11.1 Å². The standard InChI is InChI=1S/C8H14N2OS/c1-3-6(4-2)8(11)7-5-9-10-12-7/h5-6,8,11H,3-4H2,1-2H3. The van der Waals surface area contributed by atoms with E-state index in [0.29, 0.717) is 5.92 Å². The van der Waals surface area contributed by atoms with Crippen LogP contribution in [-0.2, 0) is 0 Å². The normalized spacial score (nSPS) is 13.7. The summed E-state index contributed by atoms with van der Waals surface area (Å²) in [6.07, 6.45) is 3.26. The van der Waals surface area contributed by atoms with Gasteiger partial charge in [0.1, 0.15) is 0 Å². The largest absolute Gasteiger partial charge is 0.387 e. The molecule has 68 valence electrons. The van der Waals surface area contributed by atoms with Crippen LogP contribution in [0.15, 0.2) is 6.20 Å². The molecule has 3 nitrogen and oxygen atoms in total. The molecule has 0 aliphatic heterocycles. The van der Waals surface area contributed by atoms with E-state index in [-0.39, 0.29) is 6.10 Å². The van der Waals surface area contributed by atoms with E-state index in [2.05, 4.69) is 23.4 Å². The van der Waals surface area contributed by atoms with Crippen LogP contribution in [0.4, 0.5) is 0 Å². The Morgan fingerprint density at radius 1 is 1.50 bits per heavy atom. The van der Waals surface area contributed by atoms with E-state index < -0.39 is 0 Å². The second kappa shape index (κ2) is 4.52. The van der Waals surface area contributed by atoms with Gasteiger partial charge in [0, 0.05) is 0 Å². The lowest BCUT2D eigenvalue weighted by Gasteiger charge is -2.17. The maximum atomic E-state index is 9.80. The minimum Gasteiger partial charge on any atom is -0.387 e. The van der Waals surface area contributed by atoms with Gasteiger partial charge in [0.05, 0.1) is 17.2 Å². The first kappa shape index (κ1) is 9.61. The molecule has 1 aromatic heterocycles. The molecule has 0 fully saturated rings. The number of nitrogens with zero attached hydrogens (tertiary/aromatic N) is 2. The van der Waals surface area contributed by atoms with Crippen molar-refractivity contribution >= 4 is 11.5 Å². The molecular formula is C8H14N2OS. The summed E-state index contributed by atoms with van der Waals surface area (Å²) in [6, 6.07) is 0. The molecule has 4 heteroatoms. The van der Waals surface area contributed by atoms with Gasteiger partial charge in [0.25, 0.3) is 0 Å². The molecule has 0 aromatic carbocycles. The highest BCUT2D eigenvalue weighted by atomic mass is 32.1. The highest BCUT2D eigenvalue weighted by molar-refractivity contribution is 7.05. The van der Waals surface area contributed by atoms with E-state index in [1.54, 1.807) is 6.20 Å². The minimum absolute atomic E-state index is 0.340. The van der Waals surface area contributed by atoms with Crippen molar-refractivity contribution in [1.29, 1.82) is 0 Å². The monoisotopic (exact) mass is 186 g/mol. The maximum absolute atomic E-state index is 9.80. The van der Waals surface area contributed by atoms with Crippen LogP contribution < -0.4 is 0 Å². The van der Waals surface area contributed by atoms with E-state index in [1.165, 1.54) is 11.5 Å². The van der Waals surface area contributed by atoms with Crippen LogP contribution >= 0.6 is 11.5 Å². The molecule has 12 heavy (non-hydrogen) atoms. The fourth-order valence-electron chi connectivity index (χ4n) is 1.27. The van der Waals surface area contributed by atoms with Crippen molar-refractivity contribution in [1.82, 2.24) is 9.59 Å². The van der Waals surface area contributed by atoms with Crippen LogP contribution in [0.3, 0.4) is 0 Å². The van der Waals surface area contributed by atoms with E-state index in [1.807, 2.05) is 0 Å². The fourth-order valence-corrected chi connectivity index (χ4v) is 1.86. The zero-order valence-corrected chi connectivity index (χ0v) is 8.21. The van der Waals surface area contributed by atoms with Crippen LogP contribution in [0.2, 0.25) is 0 Å². The van der Waals surface area contributed by atoms with Gasteiger partial charge >= 0.3 is 0 Å². The van der Waals surface area contributed by atoms with Gasteiger partial charge in [-0.2, -0.15) is 0 Å². The summed E-state index contributed by atoms with van der Waals surface area (Å²) in [4.78, 5) is 0.878. The summed E-state index contributed by atoms with van der Waals surface area (Å²) < 4.78 is 3.73. The second-order valence-electron chi connectivity index (χ2n) is 2.84. The molecule has 0 aliphatic rings. The summed E-state index contributed by atoms with van der Waals surface area (Å²) >= 11 is 1.28. The van der Waals surface area contributed by atoms with Gasteiger partial charge in [-0.3, -0.25) is 0 Å². The fraction of sp³-hybridized carbons (Fsp3) is 0.750. The van der Waals surface area contributed by atoms with Crippen molar-refractivity contribution in [3.8, 4) is 0 Å². The number of hydrogen-bond acceptors (Lipinski definition) is 4. The third-order valence-corrected chi connectivity index (χ3v) is 2.90. The molecule has 0 saturated carbocycles. The van der Waals surface area contributed by atoms with Crippen molar-refractivity contribution < 1.29 is 5.11 Å². The molecule has 0 saturated heterocycles. The highest BCUT2D eigenvalue weighted by Crippen LogP contribution is 2.28. The lowest BCUT2D eigenvalue weighted by molar-refractivity contribution is 0.106. The van der Waals surface area contributed by atoms with Gasteiger partial charge in [0.2, 0.25) is 0 Å². The lowest BCUT2D eigenvalue weighted by Crippen LogP contribution is -2.09. The molecule has 0 bridgehead atoms.